The average molecular weight is 328 g/mol. The molecule has 0 aromatic heterocycles. The lowest BCUT2D eigenvalue weighted by atomic mass is 10.1. The standard InChI is InChI=1S/C14H18ClN3O4/c1-4-17(8-13(19)16-9(2)3)14(20)10-5-6-11(15)12(7-10)18(21)22/h5-7,9H,4,8H2,1-3H3,(H,16,19). The number of likely N-dealkylation sites (N-methyl/N-ethyl adjacent to an activating group) is 1. The van der Waals surface area contributed by atoms with Gasteiger partial charge in [-0.2, -0.15) is 0 Å². The van der Waals surface area contributed by atoms with E-state index in [1.54, 1.807) is 6.92 Å². The summed E-state index contributed by atoms with van der Waals surface area (Å²) in [5, 5.41) is 13.5. The van der Waals surface area contributed by atoms with Gasteiger partial charge in [0, 0.05) is 24.2 Å². The summed E-state index contributed by atoms with van der Waals surface area (Å²) in [6, 6.07) is 3.79. The van der Waals surface area contributed by atoms with Gasteiger partial charge < -0.3 is 10.2 Å². The van der Waals surface area contributed by atoms with E-state index >= 15 is 0 Å². The van der Waals surface area contributed by atoms with Gasteiger partial charge in [-0.3, -0.25) is 19.7 Å². The Hall–Kier alpha value is -2.15. The lowest BCUT2D eigenvalue weighted by Crippen LogP contribution is -2.42. The summed E-state index contributed by atoms with van der Waals surface area (Å²) >= 11 is 5.72. The minimum Gasteiger partial charge on any atom is -0.352 e. The van der Waals surface area contributed by atoms with Gasteiger partial charge in [-0.1, -0.05) is 11.6 Å². The molecule has 0 aliphatic rings. The van der Waals surface area contributed by atoms with Gasteiger partial charge in [-0.15, -0.1) is 0 Å². The zero-order valence-electron chi connectivity index (χ0n) is 12.6. The van der Waals surface area contributed by atoms with E-state index in [1.807, 2.05) is 13.8 Å². The number of hydrogen-bond donors (Lipinski definition) is 1. The molecule has 0 saturated heterocycles. The van der Waals surface area contributed by atoms with E-state index in [9.17, 15) is 19.7 Å². The number of nitrogens with zero attached hydrogens (tertiary/aromatic N) is 2. The van der Waals surface area contributed by atoms with Crippen molar-refractivity contribution in [3.63, 3.8) is 0 Å². The smallest absolute Gasteiger partial charge is 0.288 e. The first-order valence-corrected chi connectivity index (χ1v) is 7.16. The molecule has 1 rings (SSSR count). The Balaban J connectivity index is 2.95. The first-order valence-electron chi connectivity index (χ1n) is 6.78. The fraction of sp³-hybridized carbons (Fsp3) is 0.429. The van der Waals surface area contributed by atoms with Crippen molar-refractivity contribution in [1.29, 1.82) is 0 Å². The Morgan fingerprint density at radius 3 is 2.55 bits per heavy atom. The van der Waals surface area contributed by atoms with Crippen LogP contribution >= 0.6 is 11.6 Å². The molecular formula is C14H18ClN3O4. The monoisotopic (exact) mass is 327 g/mol. The van der Waals surface area contributed by atoms with E-state index in [-0.39, 0.29) is 34.8 Å². The molecule has 0 unspecified atom stereocenters. The molecule has 0 aliphatic carbocycles. The summed E-state index contributed by atoms with van der Waals surface area (Å²) in [6.07, 6.45) is 0. The second-order valence-corrected chi connectivity index (χ2v) is 5.37. The molecule has 1 aromatic carbocycles. The fourth-order valence-electron chi connectivity index (χ4n) is 1.84. The SMILES string of the molecule is CCN(CC(=O)NC(C)C)C(=O)c1ccc(Cl)c([N+](=O)[O-])c1. The minimum atomic E-state index is -0.652. The van der Waals surface area contributed by atoms with Gasteiger partial charge in [0.25, 0.3) is 11.6 Å². The number of amides is 2. The molecule has 0 atom stereocenters. The second kappa shape index (κ2) is 7.74. The predicted octanol–water partition coefficient (Wildman–Crippen LogP) is 2.23. The fourth-order valence-corrected chi connectivity index (χ4v) is 2.02. The molecule has 0 radical (unpaired) electrons. The highest BCUT2D eigenvalue weighted by molar-refractivity contribution is 6.32. The molecule has 0 fully saturated rings. The molecule has 0 spiro atoms. The van der Waals surface area contributed by atoms with E-state index in [2.05, 4.69) is 5.32 Å². The number of carbonyl (C=O) groups is 2. The number of nitro groups is 1. The summed E-state index contributed by atoms with van der Waals surface area (Å²) in [4.78, 5) is 35.6. The van der Waals surface area contributed by atoms with E-state index in [0.717, 1.165) is 6.07 Å². The molecule has 0 saturated carbocycles. The number of rotatable bonds is 6. The van der Waals surface area contributed by atoms with Crippen LogP contribution in [0.2, 0.25) is 5.02 Å². The Bertz CT molecular complexity index is 589. The maximum absolute atomic E-state index is 12.4. The minimum absolute atomic E-state index is 0.0297. The molecule has 22 heavy (non-hydrogen) atoms. The zero-order valence-corrected chi connectivity index (χ0v) is 13.4. The molecule has 1 N–H and O–H groups in total. The lowest BCUT2D eigenvalue weighted by molar-refractivity contribution is -0.384. The Labute approximate surface area is 133 Å². The Morgan fingerprint density at radius 2 is 2.05 bits per heavy atom. The maximum atomic E-state index is 12.4. The zero-order chi connectivity index (χ0) is 16.9. The molecule has 1 aromatic rings. The molecule has 8 heteroatoms. The van der Waals surface area contributed by atoms with Gasteiger partial charge in [0.05, 0.1) is 11.5 Å². The van der Waals surface area contributed by atoms with Crippen LogP contribution in [-0.4, -0.2) is 40.8 Å². The van der Waals surface area contributed by atoms with Crippen LogP contribution in [0.3, 0.4) is 0 Å². The van der Waals surface area contributed by atoms with Crippen molar-refractivity contribution in [2.45, 2.75) is 26.8 Å². The molecule has 0 heterocycles. The summed E-state index contributed by atoms with van der Waals surface area (Å²) in [6.45, 7) is 5.56. The summed E-state index contributed by atoms with van der Waals surface area (Å²) in [7, 11) is 0. The highest BCUT2D eigenvalue weighted by Gasteiger charge is 2.21. The van der Waals surface area contributed by atoms with Crippen LogP contribution in [0.25, 0.3) is 0 Å². The van der Waals surface area contributed by atoms with Crippen LogP contribution in [0.4, 0.5) is 5.69 Å². The third-order valence-electron chi connectivity index (χ3n) is 2.84. The first-order chi connectivity index (χ1) is 10.3. The van der Waals surface area contributed by atoms with Crippen LogP contribution in [0.15, 0.2) is 18.2 Å². The van der Waals surface area contributed by atoms with Gasteiger partial charge in [0.15, 0.2) is 0 Å². The van der Waals surface area contributed by atoms with E-state index in [0.29, 0.717) is 6.54 Å². The third kappa shape index (κ3) is 4.70. The molecule has 2 amide bonds. The number of nitrogens with one attached hydrogen (secondary N) is 1. The Morgan fingerprint density at radius 1 is 1.41 bits per heavy atom. The number of carbonyl (C=O) groups excluding carboxylic acids is 2. The third-order valence-corrected chi connectivity index (χ3v) is 3.16. The van der Waals surface area contributed by atoms with Gasteiger partial charge in [0.1, 0.15) is 5.02 Å². The molecule has 0 aliphatic heterocycles. The summed E-state index contributed by atoms with van der Waals surface area (Å²) < 4.78 is 0. The molecule has 7 nitrogen and oxygen atoms in total. The van der Waals surface area contributed by atoms with Gasteiger partial charge in [-0.05, 0) is 32.9 Å². The van der Waals surface area contributed by atoms with E-state index in [1.165, 1.54) is 17.0 Å². The molecule has 120 valence electrons. The van der Waals surface area contributed by atoms with Crippen molar-refractivity contribution in [2.75, 3.05) is 13.1 Å². The maximum Gasteiger partial charge on any atom is 0.288 e. The normalized spacial score (nSPS) is 10.4. The summed E-state index contributed by atoms with van der Waals surface area (Å²) in [5.74, 6) is -0.741. The van der Waals surface area contributed by atoms with Crippen molar-refractivity contribution < 1.29 is 14.5 Å². The number of benzene rings is 1. The van der Waals surface area contributed by atoms with Crippen molar-refractivity contribution in [1.82, 2.24) is 10.2 Å². The van der Waals surface area contributed by atoms with Crippen molar-refractivity contribution in [3.8, 4) is 0 Å². The molecule has 0 bridgehead atoms. The average Bonchev–Trinajstić information content (AvgIpc) is 2.43. The quantitative estimate of drug-likeness (QED) is 0.640. The van der Waals surface area contributed by atoms with Crippen molar-refractivity contribution >= 4 is 29.1 Å². The summed E-state index contributed by atoms with van der Waals surface area (Å²) in [5.41, 5.74) is -0.217. The highest BCUT2D eigenvalue weighted by atomic mass is 35.5. The topological polar surface area (TPSA) is 92.6 Å². The number of hydrogen-bond acceptors (Lipinski definition) is 4. The van der Waals surface area contributed by atoms with Crippen LogP contribution in [-0.2, 0) is 4.79 Å². The van der Waals surface area contributed by atoms with Crippen LogP contribution in [0, 0.1) is 10.1 Å². The highest BCUT2D eigenvalue weighted by Crippen LogP contribution is 2.25. The first kappa shape index (κ1) is 17.9. The van der Waals surface area contributed by atoms with Gasteiger partial charge in [0.2, 0.25) is 5.91 Å². The van der Waals surface area contributed by atoms with Crippen LogP contribution < -0.4 is 5.32 Å². The van der Waals surface area contributed by atoms with Crippen molar-refractivity contribution in [3.05, 3.63) is 38.9 Å². The largest absolute Gasteiger partial charge is 0.352 e. The molecular weight excluding hydrogens is 310 g/mol. The lowest BCUT2D eigenvalue weighted by Gasteiger charge is -2.21. The second-order valence-electron chi connectivity index (χ2n) is 4.96. The van der Waals surface area contributed by atoms with Crippen molar-refractivity contribution in [2.24, 2.45) is 0 Å². The van der Waals surface area contributed by atoms with E-state index in [4.69, 9.17) is 11.6 Å². The van der Waals surface area contributed by atoms with Crippen LogP contribution in [0.5, 0.6) is 0 Å². The predicted molar refractivity (Wildman–Crippen MR) is 83.0 cm³/mol. The number of nitro benzene ring substituents is 1. The van der Waals surface area contributed by atoms with Crippen LogP contribution in [0.1, 0.15) is 31.1 Å². The van der Waals surface area contributed by atoms with Gasteiger partial charge in [-0.25, -0.2) is 0 Å². The van der Waals surface area contributed by atoms with Gasteiger partial charge >= 0.3 is 0 Å². The van der Waals surface area contributed by atoms with E-state index < -0.39 is 10.8 Å². The number of halogens is 1. The Kier molecular flexibility index (Phi) is 6.30.